The number of rotatable bonds is 7. The molecule has 1 aromatic carbocycles. The third kappa shape index (κ3) is 4.28. The number of allylic oxidation sites excluding steroid dienone is 2. The molecule has 0 unspecified atom stereocenters. The van der Waals surface area contributed by atoms with E-state index in [4.69, 9.17) is 5.41 Å². The van der Waals surface area contributed by atoms with Gasteiger partial charge in [-0.1, -0.05) is 44.7 Å². The molecule has 0 radical (unpaired) electrons. The normalized spacial score (nSPS) is 16.2. The van der Waals surface area contributed by atoms with E-state index >= 15 is 0 Å². The van der Waals surface area contributed by atoms with E-state index in [-0.39, 0.29) is 0 Å². The van der Waals surface area contributed by atoms with Crippen LogP contribution in [0.4, 0.5) is 5.69 Å². The van der Waals surface area contributed by atoms with Crippen LogP contribution in [0.5, 0.6) is 0 Å². The second kappa shape index (κ2) is 9.05. The minimum absolute atomic E-state index is 0.681. The molecule has 1 aliphatic rings. The first-order valence-corrected chi connectivity index (χ1v) is 9.71. The highest BCUT2D eigenvalue weighted by Gasteiger charge is 2.22. The van der Waals surface area contributed by atoms with Crippen molar-refractivity contribution >= 4 is 17.5 Å². The third-order valence-corrected chi connectivity index (χ3v) is 5.45. The van der Waals surface area contributed by atoms with E-state index in [1.165, 1.54) is 60.7 Å². The van der Waals surface area contributed by atoms with Gasteiger partial charge in [-0.25, -0.2) is 0 Å². The summed E-state index contributed by atoms with van der Waals surface area (Å²) < 4.78 is 0. The van der Waals surface area contributed by atoms with Crippen LogP contribution in [0.1, 0.15) is 75.5 Å². The van der Waals surface area contributed by atoms with Crippen molar-refractivity contribution in [3.8, 4) is 0 Å². The standard InChI is InChI=1S/C22H34N2/c1-5-7-11-19(16-23)20-14-17(3)18(4)22(15-20)24(6-2)21-12-9-8-10-13-21/h11,14-16,21,23H,5-10,12-13H2,1-4H3/b19-11+,23-16?. The van der Waals surface area contributed by atoms with E-state index in [1.807, 2.05) is 0 Å². The summed E-state index contributed by atoms with van der Waals surface area (Å²) in [7, 11) is 0. The fraction of sp³-hybridized carbons (Fsp3) is 0.591. The zero-order valence-corrected chi connectivity index (χ0v) is 16.0. The summed E-state index contributed by atoms with van der Waals surface area (Å²) in [6, 6.07) is 5.26. The topological polar surface area (TPSA) is 27.1 Å². The van der Waals surface area contributed by atoms with Crippen LogP contribution in [0, 0.1) is 19.3 Å². The average Bonchev–Trinajstić information content (AvgIpc) is 2.61. The molecule has 1 aliphatic carbocycles. The summed E-state index contributed by atoms with van der Waals surface area (Å²) in [6.45, 7) is 9.98. The summed E-state index contributed by atoms with van der Waals surface area (Å²) in [6.07, 6.45) is 12.6. The Morgan fingerprint density at radius 2 is 1.88 bits per heavy atom. The monoisotopic (exact) mass is 326 g/mol. The SMILES string of the molecule is CCC/C=C(\C=N)c1cc(C)c(C)c(N(CC)C2CCCCC2)c1. The number of hydrogen-bond acceptors (Lipinski definition) is 2. The van der Waals surface area contributed by atoms with Gasteiger partial charge in [0.15, 0.2) is 0 Å². The Morgan fingerprint density at radius 3 is 2.46 bits per heavy atom. The number of nitrogens with one attached hydrogen (secondary N) is 1. The summed E-state index contributed by atoms with van der Waals surface area (Å²) >= 11 is 0. The third-order valence-electron chi connectivity index (χ3n) is 5.45. The van der Waals surface area contributed by atoms with Crippen molar-refractivity contribution in [3.05, 3.63) is 34.9 Å². The molecule has 1 saturated carbocycles. The maximum Gasteiger partial charge on any atom is 0.0407 e. The number of benzene rings is 1. The predicted molar refractivity (Wildman–Crippen MR) is 107 cm³/mol. The van der Waals surface area contributed by atoms with Crippen molar-refractivity contribution in [1.29, 1.82) is 5.41 Å². The van der Waals surface area contributed by atoms with Crippen LogP contribution in [0.3, 0.4) is 0 Å². The minimum Gasteiger partial charge on any atom is -0.369 e. The molecule has 0 spiro atoms. The van der Waals surface area contributed by atoms with Crippen LogP contribution in [-0.4, -0.2) is 18.8 Å². The second-order valence-corrected chi connectivity index (χ2v) is 7.11. The number of aryl methyl sites for hydroxylation is 1. The predicted octanol–water partition coefficient (Wildman–Crippen LogP) is 6.30. The Hall–Kier alpha value is -1.57. The minimum atomic E-state index is 0.681. The van der Waals surface area contributed by atoms with Gasteiger partial charge in [-0.2, -0.15) is 0 Å². The summed E-state index contributed by atoms with van der Waals surface area (Å²) in [5, 5.41) is 7.81. The van der Waals surface area contributed by atoms with Crippen molar-refractivity contribution in [3.63, 3.8) is 0 Å². The van der Waals surface area contributed by atoms with Crippen LogP contribution in [0.2, 0.25) is 0 Å². The van der Waals surface area contributed by atoms with E-state index < -0.39 is 0 Å². The summed E-state index contributed by atoms with van der Waals surface area (Å²) in [5.41, 5.74) is 6.36. The van der Waals surface area contributed by atoms with Crippen molar-refractivity contribution in [2.75, 3.05) is 11.4 Å². The van der Waals surface area contributed by atoms with Gasteiger partial charge in [0.25, 0.3) is 0 Å². The Morgan fingerprint density at radius 1 is 1.17 bits per heavy atom. The fourth-order valence-electron chi connectivity index (χ4n) is 3.88. The lowest BCUT2D eigenvalue weighted by Gasteiger charge is -2.37. The molecular weight excluding hydrogens is 292 g/mol. The largest absolute Gasteiger partial charge is 0.369 e. The molecule has 0 aliphatic heterocycles. The maximum absolute atomic E-state index is 7.81. The zero-order valence-electron chi connectivity index (χ0n) is 16.0. The lowest BCUT2D eigenvalue weighted by Crippen LogP contribution is -2.37. The summed E-state index contributed by atoms with van der Waals surface area (Å²) in [5.74, 6) is 0. The van der Waals surface area contributed by atoms with Crippen LogP contribution in [0.25, 0.3) is 5.57 Å². The molecule has 0 aromatic heterocycles. The molecule has 1 aromatic rings. The van der Waals surface area contributed by atoms with Gasteiger partial charge in [0.1, 0.15) is 0 Å². The molecule has 0 bridgehead atoms. The van der Waals surface area contributed by atoms with Gasteiger partial charge in [0.2, 0.25) is 0 Å². The molecule has 0 atom stereocenters. The van der Waals surface area contributed by atoms with Gasteiger partial charge >= 0.3 is 0 Å². The zero-order chi connectivity index (χ0) is 17.5. The lowest BCUT2D eigenvalue weighted by molar-refractivity contribution is 0.418. The van der Waals surface area contributed by atoms with Gasteiger partial charge in [0.05, 0.1) is 0 Å². The number of hydrogen-bond donors (Lipinski definition) is 1. The van der Waals surface area contributed by atoms with Crippen molar-refractivity contribution < 1.29 is 0 Å². The Labute approximate surface area is 148 Å². The number of unbranched alkanes of at least 4 members (excludes halogenated alkanes) is 1. The quantitative estimate of drug-likeness (QED) is 0.585. The molecule has 0 saturated heterocycles. The Balaban J connectivity index is 2.42. The molecule has 1 fully saturated rings. The molecule has 2 nitrogen and oxygen atoms in total. The van der Waals surface area contributed by atoms with Crippen molar-refractivity contribution in [1.82, 2.24) is 0 Å². The van der Waals surface area contributed by atoms with E-state index in [1.54, 1.807) is 0 Å². The molecule has 24 heavy (non-hydrogen) atoms. The first-order chi connectivity index (χ1) is 11.6. The first kappa shape index (κ1) is 18.8. The molecule has 0 amide bonds. The van der Waals surface area contributed by atoms with Crippen LogP contribution in [0.15, 0.2) is 18.2 Å². The molecule has 1 N–H and O–H groups in total. The van der Waals surface area contributed by atoms with Crippen molar-refractivity contribution in [2.24, 2.45) is 0 Å². The lowest BCUT2D eigenvalue weighted by atomic mass is 9.92. The average molecular weight is 327 g/mol. The van der Waals surface area contributed by atoms with Gasteiger partial charge < -0.3 is 10.3 Å². The fourth-order valence-corrected chi connectivity index (χ4v) is 3.88. The first-order valence-electron chi connectivity index (χ1n) is 9.71. The highest BCUT2D eigenvalue weighted by Crippen LogP contribution is 2.33. The molecule has 0 heterocycles. The summed E-state index contributed by atoms with van der Waals surface area (Å²) in [4.78, 5) is 2.62. The van der Waals surface area contributed by atoms with Gasteiger partial charge in [-0.15, -0.1) is 0 Å². The maximum atomic E-state index is 7.81. The van der Waals surface area contributed by atoms with E-state index in [0.29, 0.717) is 6.04 Å². The van der Waals surface area contributed by atoms with Crippen molar-refractivity contribution in [2.45, 2.75) is 78.7 Å². The van der Waals surface area contributed by atoms with Gasteiger partial charge in [-0.3, -0.25) is 0 Å². The van der Waals surface area contributed by atoms with Gasteiger partial charge in [0, 0.05) is 24.5 Å². The molecule has 2 heteroatoms. The molecule has 132 valence electrons. The molecular formula is C22H34N2. The second-order valence-electron chi connectivity index (χ2n) is 7.11. The van der Waals surface area contributed by atoms with E-state index in [0.717, 1.165) is 25.0 Å². The van der Waals surface area contributed by atoms with Crippen LogP contribution in [-0.2, 0) is 0 Å². The highest BCUT2D eigenvalue weighted by atomic mass is 15.2. The van der Waals surface area contributed by atoms with Gasteiger partial charge in [-0.05, 0) is 68.4 Å². The molecule has 2 rings (SSSR count). The highest BCUT2D eigenvalue weighted by molar-refractivity contribution is 6.08. The van der Waals surface area contributed by atoms with E-state index in [9.17, 15) is 0 Å². The van der Waals surface area contributed by atoms with Crippen LogP contribution < -0.4 is 4.90 Å². The smallest absolute Gasteiger partial charge is 0.0407 e. The number of nitrogens with zero attached hydrogens (tertiary/aromatic N) is 1. The number of anilines is 1. The van der Waals surface area contributed by atoms with Crippen LogP contribution >= 0.6 is 0 Å². The Bertz CT molecular complexity index is 580. The Kier molecular flexibility index (Phi) is 7.08. The van der Waals surface area contributed by atoms with E-state index in [2.05, 4.69) is 50.8 Å².